The summed E-state index contributed by atoms with van der Waals surface area (Å²) in [6, 6.07) is 1.01. The van der Waals surface area contributed by atoms with E-state index in [1.165, 1.54) is 0 Å². The SMILES string of the molecule is Cc1cc(C(F)(F)F)ncc1OC1CC1. The third-order valence-corrected chi connectivity index (χ3v) is 2.17. The first-order valence-electron chi connectivity index (χ1n) is 4.67. The Labute approximate surface area is 85.1 Å². The van der Waals surface area contributed by atoms with Crippen LogP contribution in [-0.2, 0) is 6.18 Å². The maximum absolute atomic E-state index is 12.3. The number of aromatic nitrogens is 1. The molecule has 5 heteroatoms. The molecule has 0 radical (unpaired) electrons. The van der Waals surface area contributed by atoms with Gasteiger partial charge in [-0.2, -0.15) is 13.2 Å². The molecule has 0 N–H and O–H groups in total. The molecule has 82 valence electrons. The Morgan fingerprint density at radius 3 is 2.53 bits per heavy atom. The fraction of sp³-hybridized carbons (Fsp3) is 0.500. The number of ether oxygens (including phenoxy) is 1. The van der Waals surface area contributed by atoms with Crippen molar-refractivity contribution in [2.75, 3.05) is 0 Å². The van der Waals surface area contributed by atoms with Crippen molar-refractivity contribution in [3.05, 3.63) is 23.5 Å². The summed E-state index contributed by atoms with van der Waals surface area (Å²) in [7, 11) is 0. The van der Waals surface area contributed by atoms with Gasteiger partial charge in [0.1, 0.15) is 11.4 Å². The number of hydrogen-bond donors (Lipinski definition) is 0. The van der Waals surface area contributed by atoms with Crippen LogP contribution in [-0.4, -0.2) is 11.1 Å². The van der Waals surface area contributed by atoms with Crippen LogP contribution in [0.3, 0.4) is 0 Å². The molecule has 0 saturated heterocycles. The molecular weight excluding hydrogens is 207 g/mol. The molecule has 0 aliphatic heterocycles. The molecule has 1 saturated carbocycles. The normalized spacial score (nSPS) is 16.5. The van der Waals surface area contributed by atoms with Crippen LogP contribution < -0.4 is 4.74 Å². The first-order chi connectivity index (χ1) is 6.97. The Morgan fingerprint density at radius 1 is 1.40 bits per heavy atom. The highest BCUT2D eigenvalue weighted by Crippen LogP contribution is 2.32. The number of pyridine rings is 1. The van der Waals surface area contributed by atoms with Crippen molar-refractivity contribution in [3.8, 4) is 5.75 Å². The average molecular weight is 217 g/mol. The van der Waals surface area contributed by atoms with E-state index >= 15 is 0 Å². The van der Waals surface area contributed by atoms with Crippen LogP contribution in [0.25, 0.3) is 0 Å². The Bertz CT molecular complexity index is 371. The van der Waals surface area contributed by atoms with Crippen LogP contribution >= 0.6 is 0 Å². The van der Waals surface area contributed by atoms with Crippen molar-refractivity contribution < 1.29 is 17.9 Å². The summed E-state index contributed by atoms with van der Waals surface area (Å²) in [4.78, 5) is 3.34. The fourth-order valence-corrected chi connectivity index (χ4v) is 1.19. The lowest BCUT2D eigenvalue weighted by atomic mass is 10.2. The number of nitrogens with zero attached hydrogens (tertiary/aromatic N) is 1. The third kappa shape index (κ3) is 2.40. The second-order valence-corrected chi connectivity index (χ2v) is 3.65. The van der Waals surface area contributed by atoms with E-state index < -0.39 is 11.9 Å². The predicted octanol–water partition coefficient (Wildman–Crippen LogP) is 2.95. The number of hydrogen-bond acceptors (Lipinski definition) is 2. The number of halogens is 3. The smallest absolute Gasteiger partial charge is 0.433 e. The Hall–Kier alpha value is -1.26. The van der Waals surface area contributed by atoms with E-state index in [-0.39, 0.29) is 6.10 Å². The van der Waals surface area contributed by atoms with Gasteiger partial charge in [-0.05, 0) is 31.4 Å². The standard InChI is InChI=1S/C10H10F3NO/c1-6-4-9(10(11,12)13)14-5-8(6)15-7-2-3-7/h4-5,7H,2-3H2,1H3. The van der Waals surface area contributed by atoms with Gasteiger partial charge in [0, 0.05) is 0 Å². The van der Waals surface area contributed by atoms with E-state index in [1.54, 1.807) is 6.92 Å². The minimum absolute atomic E-state index is 0.169. The monoisotopic (exact) mass is 217 g/mol. The van der Waals surface area contributed by atoms with Crippen molar-refractivity contribution >= 4 is 0 Å². The third-order valence-electron chi connectivity index (χ3n) is 2.17. The van der Waals surface area contributed by atoms with E-state index in [4.69, 9.17) is 4.74 Å². The zero-order chi connectivity index (χ0) is 11.1. The largest absolute Gasteiger partial charge is 0.489 e. The van der Waals surface area contributed by atoms with Crippen molar-refractivity contribution in [2.24, 2.45) is 0 Å². The van der Waals surface area contributed by atoms with E-state index in [0.717, 1.165) is 25.1 Å². The second-order valence-electron chi connectivity index (χ2n) is 3.65. The summed E-state index contributed by atoms with van der Waals surface area (Å²) in [5.74, 6) is 0.450. The lowest BCUT2D eigenvalue weighted by molar-refractivity contribution is -0.141. The van der Waals surface area contributed by atoms with Gasteiger partial charge in [0.15, 0.2) is 0 Å². The fourth-order valence-electron chi connectivity index (χ4n) is 1.19. The zero-order valence-corrected chi connectivity index (χ0v) is 8.14. The molecule has 0 bridgehead atoms. The zero-order valence-electron chi connectivity index (χ0n) is 8.14. The Morgan fingerprint density at radius 2 is 2.07 bits per heavy atom. The van der Waals surface area contributed by atoms with Crippen LogP contribution in [0.5, 0.6) is 5.75 Å². The molecule has 1 aliphatic carbocycles. The van der Waals surface area contributed by atoms with E-state index in [2.05, 4.69) is 4.98 Å². The molecule has 1 fully saturated rings. The summed E-state index contributed by atoms with van der Waals surface area (Å²) < 4.78 is 42.2. The van der Waals surface area contributed by atoms with Crippen molar-refractivity contribution in [1.29, 1.82) is 0 Å². The Balaban J connectivity index is 2.21. The molecule has 2 nitrogen and oxygen atoms in total. The summed E-state index contributed by atoms with van der Waals surface area (Å²) in [6.07, 6.45) is -1.12. The molecule has 1 heterocycles. The molecular formula is C10H10F3NO. The van der Waals surface area contributed by atoms with Gasteiger partial charge < -0.3 is 4.74 Å². The van der Waals surface area contributed by atoms with Crippen molar-refractivity contribution in [3.63, 3.8) is 0 Å². The first kappa shape index (κ1) is 10.3. The van der Waals surface area contributed by atoms with Gasteiger partial charge in [0.25, 0.3) is 0 Å². The van der Waals surface area contributed by atoms with Gasteiger partial charge in [-0.15, -0.1) is 0 Å². The molecule has 2 rings (SSSR count). The van der Waals surface area contributed by atoms with Crippen LogP contribution in [0.1, 0.15) is 24.1 Å². The van der Waals surface area contributed by atoms with Gasteiger partial charge >= 0.3 is 6.18 Å². The lowest BCUT2D eigenvalue weighted by Crippen LogP contribution is -2.09. The minimum atomic E-state index is -4.39. The highest BCUT2D eigenvalue weighted by Gasteiger charge is 2.33. The minimum Gasteiger partial charge on any atom is -0.489 e. The van der Waals surface area contributed by atoms with Gasteiger partial charge in [-0.1, -0.05) is 0 Å². The van der Waals surface area contributed by atoms with E-state index in [1.807, 2.05) is 0 Å². The van der Waals surface area contributed by atoms with Gasteiger partial charge in [0.2, 0.25) is 0 Å². The molecule has 0 spiro atoms. The Kier molecular flexibility index (Phi) is 2.32. The maximum atomic E-state index is 12.3. The quantitative estimate of drug-likeness (QED) is 0.759. The van der Waals surface area contributed by atoms with E-state index in [0.29, 0.717) is 11.3 Å². The van der Waals surface area contributed by atoms with Gasteiger partial charge in [-0.3, -0.25) is 0 Å². The van der Waals surface area contributed by atoms with Gasteiger partial charge in [-0.25, -0.2) is 4.98 Å². The van der Waals surface area contributed by atoms with Crippen LogP contribution in [0.2, 0.25) is 0 Å². The van der Waals surface area contributed by atoms with Crippen LogP contribution in [0.15, 0.2) is 12.3 Å². The highest BCUT2D eigenvalue weighted by molar-refractivity contribution is 5.32. The molecule has 1 aromatic rings. The first-order valence-corrected chi connectivity index (χ1v) is 4.67. The maximum Gasteiger partial charge on any atom is 0.433 e. The molecule has 0 aromatic carbocycles. The predicted molar refractivity (Wildman–Crippen MR) is 47.6 cm³/mol. The number of alkyl halides is 3. The van der Waals surface area contributed by atoms with Crippen LogP contribution in [0.4, 0.5) is 13.2 Å². The molecule has 0 atom stereocenters. The topological polar surface area (TPSA) is 22.1 Å². The van der Waals surface area contributed by atoms with E-state index in [9.17, 15) is 13.2 Å². The molecule has 15 heavy (non-hydrogen) atoms. The summed E-state index contributed by atoms with van der Waals surface area (Å²) in [6.45, 7) is 1.59. The summed E-state index contributed by atoms with van der Waals surface area (Å²) in [5.41, 5.74) is -0.396. The summed E-state index contributed by atoms with van der Waals surface area (Å²) in [5, 5.41) is 0. The molecule has 1 aliphatic rings. The molecule has 1 aromatic heterocycles. The second kappa shape index (κ2) is 3.40. The van der Waals surface area contributed by atoms with Crippen molar-refractivity contribution in [1.82, 2.24) is 4.98 Å². The lowest BCUT2D eigenvalue weighted by Gasteiger charge is -2.10. The number of rotatable bonds is 2. The van der Waals surface area contributed by atoms with Gasteiger partial charge in [0.05, 0.1) is 12.3 Å². The molecule has 0 unspecified atom stereocenters. The molecule has 0 amide bonds. The average Bonchev–Trinajstić information content (AvgIpc) is 2.90. The van der Waals surface area contributed by atoms with Crippen molar-refractivity contribution in [2.45, 2.75) is 32.0 Å². The summed E-state index contributed by atoms with van der Waals surface area (Å²) >= 11 is 0. The van der Waals surface area contributed by atoms with Crippen LogP contribution in [0, 0.1) is 6.92 Å². The highest BCUT2D eigenvalue weighted by atomic mass is 19.4. The number of aryl methyl sites for hydroxylation is 1.